The van der Waals surface area contributed by atoms with Crippen LogP contribution in [0, 0.1) is 6.92 Å². The third kappa shape index (κ3) is 2.29. The Morgan fingerprint density at radius 2 is 2.11 bits per heavy atom. The van der Waals surface area contributed by atoms with Crippen LogP contribution in [0.4, 0.5) is 4.79 Å². The lowest BCUT2D eigenvalue weighted by atomic mass is 10.2. The molecule has 0 saturated carbocycles. The molecule has 5 nitrogen and oxygen atoms in total. The average molecular weight is 306 g/mol. The van der Waals surface area contributed by atoms with E-state index in [2.05, 4.69) is 4.18 Å². The first-order chi connectivity index (χ1) is 8.31. The number of aryl methyl sites for hydroxylation is 1. The summed E-state index contributed by atoms with van der Waals surface area (Å²) >= 11 is 6.85. The van der Waals surface area contributed by atoms with Crippen LogP contribution in [-0.4, -0.2) is 14.5 Å². The number of amides is 1. The summed E-state index contributed by atoms with van der Waals surface area (Å²) in [5.74, 6) is 0. The van der Waals surface area contributed by atoms with Gasteiger partial charge in [0.2, 0.25) is 0 Å². The number of halogens is 1. The number of carbonyl (C=O) groups is 1. The highest BCUT2D eigenvalue weighted by atomic mass is 35.5. The van der Waals surface area contributed by atoms with Crippen molar-refractivity contribution in [2.45, 2.75) is 11.1 Å². The molecule has 0 bridgehead atoms. The minimum absolute atomic E-state index is 0.0430. The van der Waals surface area contributed by atoms with E-state index in [1.807, 2.05) is 0 Å². The molecule has 0 spiro atoms. The number of primary amides is 1. The number of nitrogens with two attached hydrogens (primary N) is 1. The third-order valence-electron chi connectivity index (χ3n) is 2.27. The summed E-state index contributed by atoms with van der Waals surface area (Å²) in [6.45, 7) is 1.62. The quantitative estimate of drug-likeness (QED) is 0.864. The van der Waals surface area contributed by atoms with Gasteiger partial charge in [0.25, 0.3) is 0 Å². The minimum atomic E-state index is -4.16. The van der Waals surface area contributed by atoms with E-state index in [9.17, 15) is 13.2 Å². The Kier molecular flexibility index (Phi) is 3.22. The maximum Gasteiger partial charge on any atom is 0.420 e. The Morgan fingerprint density at radius 1 is 1.44 bits per heavy atom. The van der Waals surface area contributed by atoms with Gasteiger partial charge < -0.3 is 9.92 Å². The number of thiophene rings is 1. The number of fused-ring (bicyclic) bond motifs is 1. The number of rotatable bonds is 2. The Hall–Kier alpha value is -1.31. The van der Waals surface area contributed by atoms with Gasteiger partial charge in [-0.3, -0.25) is 0 Å². The van der Waals surface area contributed by atoms with Gasteiger partial charge in [-0.05, 0) is 36.1 Å². The van der Waals surface area contributed by atoms with E-state index in [1.54, 1.807) is 25.1 Å². The lowest BCUT2D eigenvalue weighted by Gasteiger charge is -2.01. The van der Waals surface area contributed by atoms with E-state index >= 15 is 0 Å². The minimum Gasteiger partial charge on any atom is -0.334 e. The topological polar surface area (TPSA) is 86.5 Å². The van der Waals surface area contributed by atoms with Crippen LogP contribution in [0.25, 0.3) is 10.1 Å². The van der Waals surface area contributed by atoms with Crippen LogP contribution >= 0.6 is 22.9 Å². The molecular formula is C10H8ClNO4S2. The number of hydrogen-bond acceptors (Lipinski definition) is 5. The molecule has 0 aliphatic heterocycles. The van der Waals surface area contributed by atoms with Crippen molar-refractivity contribution in [3.05, 3.63) is 28.8 Å². The molecule has 1 aromatic carbocycles. The molecule has 0 radical (unpaired) electrons. The van der Waals surface area contributed by atoms with Gasteiger partial charge in [0.1, 0.15) is 0 Å². The largest absolute Gasteiger partial charge is 0.420 e. The maximum atomic E-state index is 11.8. The van der Waals surface area contributed by atoms with Gasteiger partial charge in [0.05, 0.1) is 0 Å². The lowest BCUT2D eigenvalue weighted by molar-refractivity contribution is 0.213. The highest BCUT2D eigenvalue weighted by molar-refractivity contribution is 7.89. The van der Waals surface area contributed by atoms with Crippen LogP contribution in [0.3, 0.4) is 0 Å². The molecular weight excluding hydrogens is 298 g/mol. The molecule has 8 heteroatoms. The molecule has 0 saturated heterocycles. The average Bonchev–Trinajstić information content (AvgIpc) is 2.55. The molecule has 2 N–H and O–H groups in total. The maximum absolute atomic E-state index is 11.8. The fourth-order valence-electron chi connectivity index (χ4n) is 1.56. The highest BCUT2D eigenvalue weighted by Gasteiger charge is 2.25. The first kappa shape index (κ1) is 13.1. The van der Waals surface area contributed by atoms with Crippen LogP contribution in [0.2, 0.25) is 5.02 Å². The molecule has 0 atom stereocenters. The smallest absolute Gasteiger partial charge is 0.334 e. The van der Waals surface area contributed by atoms with Gasteiger partial charge in [-0.1, -0.05) is 11.6 Å². The van der Waals surface area contributed by atoms with Gasteiger partial charge >= 0.3 is 16.2 Å². The summed E-state index contributed by atoms with van der Waals surface area (Å²) in [7, 11) is -4.16. The summed E-state index contributed by atoms with van der Waals surface area (Å²) < 4.78 is 28.4. The molecule has 1 heterocycles. The van der Waals surface area contributed by atoms with Gasteiger partial charge in [-0.25, -0.2) is 4.79 Å². The van der Waals surface area contributed by atoms with Crippen molar-refractivity contribution in [2.75, 3.05) is 0 Å². The van der Waals surface area contributed by atoms with Crippen molar-refractivity contribution >= 4 is 49.2 Å². The van der Waals surface area contributed by atoms with Crippen LogP contribution in [0.5, 0.6) is 0 Å². The van der Waals surface area contributed by atoms with E-state index in [0.717, 1.165) is 16.0 Å². The molecule has 1 amide bonds. The van der Waals surface area contributed by atoms with Crippen LogP contribution in [-0.2, 0) is 14.3 Å². The summed E-state index contributed by atoms with van der Waals surface area (Å²) in [6, 6.07) is 5.02. The van der Waals surface area contributed by atoms with Crippen LogP contribution in [0.15, 0.2) is 22.4 Å². The van der Waals surface area contributed by atoms with Crippen LogP contribution < -0.4 is 5.73 Å². The van der Waals surface area contributed by atoms with Crippen LogP contribution in [0.1, 0.15) is 5.56 Å². The Bertz CT molecular complexity index is 736. The Balaban J connectivity index is 2.66. The number of carbonyl (C=O) groups excluding carboxylic acids is 1. The monoisotopic (exact) mass is 305 g/mol. The molecule has 2 aromatic rings. The Labute approximate surface area is 112 Å². The standard InChI is InChI=1S/C10H8ClNO4S2/c1-5-7-4-6(11)2-3-8(7)17-9(5)18(14,15)16-10(12)13/h2-4H,1H3,(H2,12,13). The van der Waals surface area contributed by atoms with E-state index in [0.29, 0.717) is 16.0 Å². The summed E-state index contributed by atoms with van der Waals surface area (Å²) in [5, 5.41) is 1.21. The number of hydrogen-bond donors (Lipinski definition) is 1. The predicted molar refractivity (Wildman–Crippen MR) is 69.4 cm³/mol. The molecule has 18 heavy (non-hydrogen) atoms. The molecule has 1 aromatic heterocycles. The first-order valence-electron chi connectivity index (χ1n) is 4.74. The summed E-state index contributed by atoms with van der Waals surface area (Å²) in [4.78, 5) is 10.6. The highest BCUT2D eigenvalue weighted by Crippen LogP contribution is 2.36. The SMILES string of the molecule is Cc1c(S(=O)(=O)OC(N)=O)sc2ccc(Cl)cc12. The van der Waals surface area contributed by atoms with E-state index < -0.39 is 16.2 Å². The summed E-state index contributed by atoms with van der Waals surface area (Å²) in [5.41, 5.74) is 5.21. The van der Waals surface area contributed by atoms with E-state index in [-0.39, 0.29) is 4.21 Å². The van der Waals surface area contributed by atoms with E-state index in [1.165, 1.54) is 0 Å². The second-order valence-corrected chi connectivity index (χ2v) is 6.74. The van der Waals surface area contributed by atoms with Crippen molar-refractivity contribution in [3.8, 4) is 0 Å². The zero-order valence-corrected chi connectivity index (χ0v) is 11.5. The predicted octanol–water partition coefficient (Wildman–Crippen LogP) is 2.65. The van der Waals surface area contributed by atoms with Gasteiger partial charge in [0, 0.05) is 9.72 Å². The van der Waals surface area contributed by atoms with Crippen molar-refractivity contribution < 1.29 is 17.4 Å². The summed E-state index contributed by atoms with van der Waals surface area (Å²) in [6.07, 6.45) is -1.36. The van der Waals surface area contributed by atoms with Gasteiger partial charge in [-0.15, -0.1) is 11.3 Å². The molecule has 0 fully saturated rings. The van der Waals surface area contributed by atoms with Crippen molar-refractivity contribution in [2.24, 2.45) is 5.73 Å². The first-order valence-corrected chi connectivity index (χ1v) is 7.34. The zero-order chi connectivity index (χ0) is 13.5. The third-order valence-corrected chi connectivity index (χ3v) is 5.58. The van der Waals surface area contributed by atoms with Gasteiger partial charge in [-0.2, -0.15) is 8.42 Å². The van der Waals surface area contributed by atoms with E-state index in [4.69, 9.17) is 17.3 Å². The number of benzene rings is 1. The second kappa shape index (κ2) is 4.42. The van der Waals surface area contributed by atoms with Crippen molar-refractivity contribution in [1.29, 1.82) is 0 Å². The van der Waals surface area contributed by atoms with Crippen molar-refractivity contribution in [1.82, 2.24) is 0 Å². The fourth-order valence-corrected chi connectivity index (χ4v) is 4.20. The second-order valence-electron chi connectivity index (χ2n) is 3.51. The molecule has 96 valence electrons. The molecule has 0 unspecified atom stereocenters. The van der Waals surface area contributed by atoms with Crippen molar-refractivity contribution in [3.63, 3.8) is 0 Å². The molecule has 0 aliphatic carbocycles. The lowest BCUT2D eigenvalue weighted by Crippen LogP contribution is -2.18. The van der Waals surface area contributed by atoms with Gasteiger partial charge in [0.15, 0.2) is 4.21 Å². The Morgan fingerprint density at radius 3 is 2.72 bits per heavy atom. The fraction of sp³-hybridized carbons (Fsp3) is 0.100. The zero-order valence-electron chi connectivity index (χ0n) is 9.14. The molecule has 2 rings (SSSR count). The molecule has 0 aliphatic rings. The normalized spacial score (nSPS) is 11.7.